The number of aryl methyl sites for hydroxylation is 1. The molecule has 2 aromatic rings. The Labute approximate surface area is 197 Å². The SMILES string of the molecule is CCc1ccccc1OCC(=O)OCC(=O)N(CCOC)c1c(N)n(CC(C)C)c(=O)[nH]c1=O. The van der Waals surface area contributed by atoms with Crippen molar-refractivity contribution in [1.82, 2.24) is 9.55 Å². The lowest BCUT2D eigenvalue weighted by Gasteiger charge is -2.24. The number of aromatic nitrogens is 2. The maximum Gasteiger partial charge on any atom is 0.344 e. The predicted octanol–water partition coefficient (Wildman–Crippen LogP) is 0.939. The average molecular weight is 477 g/mol. The third-order valence-corrected chi connectivity index (χ3v) is 4.91. The molecule has 1 aromatic carbocycles. The summed E-state index contributed by atoms with van der Waals surface area (Å²) in [6, 6.07) is 7.29. The van der Waals surface area contributed by atoms with Crippen LogP contribution in [0.1, 0.15) is 26.3 Å². The van der Waals surface area contributed by atoms with E-state index in [2.05, 4.69) is 4.98 Å². The minimum Gasteiger partial charge on any atom is -0.482 e. The molecule has 186 valence electrons. The molecule has 0 saturated heterocycles. The molecule has 0 aliphatic heterocycles. The first-order valence-corrected chi connectivity index (χ1v) is 11.0. The zero-order valence-electron chi connectivity index (χ0n) is 20.0. The molecule has 0 aliphatic carbocycles. The Kier molecular flexibility index (Phi) is 9.87. The van der Waals surface area contributed by atoms with E-state index in [4.69, 9.17) is 19.9 Å². The van der Waals surface area contributed by atoms with Gasteiger partial charge < -0.3 is 19.9 Å². The van der Waals surface area contributed by atoms with Crippen molar-refractivity contribution < 1.29 is 23.8 Å². The van der Waals surface area contributed by atoms with Crippen molar-refractivity contribution in [2.45, 2.75) is 33.7 Å². The number of H-pyrrole nitrogens is 1. The van der Waals surface area contributed by atoms with Crippen LogP contribution in [0.4, 0.5) is 11.5 Å². The number of benzene rings is 1. The summed E-state index contributed by atoms with van der Waals surface area (Å²) in [4.78, 5) is 53.1. The number of esters is 1. The Hall–Kier alpha value is -3.60. The van der Waals surface area contributed by atoms with Crippen LogP contribution in [0.5, 0.6) is 5.75 Å². The number of hydrogen-bond acceptors (Lipinski definition) is 8. The first-order valence-electron chi connectivity index (χ1n) is 11.0. The van der Waals surface area contributed by atoms with Crippen molar-refractivity contribution >= 4 is 23.4 Å². The predicted molar refractivity (Wildman–Crippen MR) is 127 cm³/mol. The van der Waals surface area contributed by atoms with Crippen LogP contribution in [0.2, 0.25) is 0 Å². The fourth-order valence-corrected chi connectivity index (χ4v) is 3.26. The summed E-state index contributed by atoms with van der Waals surface area (Å²) in [5.74, 6) is -0.996. The lowest BCUT2D eigenvalue weighted by molar-refractivity contribution is -0.149. The van der Waals surface area contributed by atoms with Gasteiger partial charge in [0.05, 0.1) is 6.61 Å². The van der Waals surface area contributed by atoms with E-state index in [0.29, 0.717) is 5.75 Å². The van der Waals surface area contributed by atoms with Crippen LogP contribution in [0.15, 0.2) is 33.9 Å². The van der Waals surface area contributed by atoms with Gasteiger partial charge in [-0.05, 0) is 24.0 Å². The molecule has 0 atom stereocenters. The molecule has 0 bridgehead atoms. The van der Waals surface area contributed by atoms with Gasteiger partial charge in [-0.1, -0.05) is 39.0 Å². The van der Waals surface area contributed by atoms with E-state index >= 15 is 0 Å². The Bertz CT molecular complexity index is 1110. The monoisotopic (exact) mass is 476 g/mol. The zero-order chi connectivity index (χ0) is 25.3. The number of rotatable bonds is 12. The third kappa shape index (κ3) is 6.95. The standard InChI is InChI=1S/C23H32N4O7/c1-5-16-8-6-7-9-17(16)33-14-19(29)34-13-18(28)26(10-11-32-4)20-21(24)27(12-15(2)3)23(31)25-22(20)30/h6-9,15H,5,10-14,24H2,1-4H3,(H,25,30,31). The molecular weight excluding hydrogens is 444 g/mol. The van der Waals surface area contributed by atoms with Crippen LogP contribution in [0.3, 0.4) is 0 Å². The second-order valence-electron chi connectivity index (χ2n) is 7.95. The fraction of sp³-hybridized carbons (Fsp3) is 0.478. The summed E-state index contributed by atoms with van der Waals surface area (Å²) in [6.45, 7) is 4.97. The number of carbonyl (C=O) groups excluding carboxylic acids is 2. The number of nitrogens with one attached hydrogen (secondary N) is 1. The molecule has 34 heavy (non-hydrogen) atoms. The zero-order valence-corrected chi connectivity index (χ0v) is 20.0. The molecule has 1 amide bonds. The van der Waals surface area contributed by atoms with Crippen molar-refractivity contribution in [2.24, 2.45) is 5.92 Å². The maximum atomic E-state index is 12.9. The minimum absolute atomic E-state index is 0.0412. The molecule has 0 spiro atoms. The van der Waals surface area contributed by atoms with Crippen LogP contribution in [0.25, 0.3) is 0 Å². The number of anilines is 2. The number of methoxy groups -OCH3 is 1. The summed E-state index contributed by atoms with van der Waals surface area (Å²) in [5.41, 5.74) is 5.36. The van der Waals surface area contributed by atoms with Gasteiger partial charge in [0.25, 0.3) is 11.5 Å². The normalized spacial score (nSPS) is 10.9. The Morgan fingerprint density at radius 2 is 1.88 bits per heavy atom. The van der Waals surface area contributed by atoms with Crippen molar-refractivity contribution in [1.29, 1.82) is 0 Å². The molecule has 0 saturated carbocycles. The highest BCUT2D eigenvalue weighted by molar-refractivity contribution is 5.97. The first-order chi connectivity index (χ1) is 16.2. The number of hydrogen-bond donors (Lipinski definition) is 2. The fourth-order valence-electron chi connectivity index (χ4n) is 3.26. The lowest BCUT2D eigenvalue weighted by atomic mass is 10.1. The van der Waals surface area contributed by atoms with E-state index in [1.165, 1.54) is 11.7 Å². The van der Waals surface area contributed by atoms with Crippen LogP contribution >= 0.6 is 0 Å². The Morgan fingerprint density at radius 1 is 1.18 bits per heavy atom. The van der Waals surface area contributed by atoms with E-state index in [9.17, 15) is 19.2 Å². The number of nitrogens with two attached hydrogens (primary N) is 1. The van der Waals surface area contributed by atoms with E-state index < -0.39 is 29.7 Å². The average Bonchev–Trinajstić information content (AvgIpc) is 2.80. The summed E-state index contributed by atoms with van der Waals surface area (Å²) in [7, 11) is 1.43. The van der Waals surface area contributed by atoms with Crippen molar-refractivity contribution in [3.63, 3.8) is 0 Å². The molecule has 1 aromatic heterocycles. The van der Waals surface area contributed by atoms with Crippen molar-refractivity contribution in [3.05, 3.63) is 50.7 Å². The first kappa shape index (κ1) is 26.7. The number of amides is 1. The highest BCUT2D eigenvalue weighted by Gasteiger charge is 2.25. The topological polar surface area (TPSA) is 146 Å². The van der Waals surface area contributed by atoms with Gasteiger partial charge in [-0.3, -0.25) is 24.0 Å². The second-order valence-corrected chi connectivity index (χ2v) is 7.95. The number of para-hydroxylation sites is 1. The third-order valence-electron chi connectivity index (χ3n) is 4.91. The smallest absolute Gasteiger partial charge is 0.344 e. The van der Waals surface area contributed by atoms with Gasteiger partial charge in [0.15, 0.2) is 18.9 Å². The largest absolute Gasteiger partial charge is 0.482 e. The van der Waals surface area contributed by atoms with Gasteiger partial charge in [0, 0.05) is 20.2 Å². The molecule has 3 N–H and O–H groups in total. The highest BCUT2D eigenvalue weighted by atomic mass is 16.6. The van der Waals surface area contributed by atoms with E-state index in [-0.39, 0.29) is 43.7 Å². The molecule has 0 fully saturated rings. The van der Waals surface area contributed by atoms with Crippen LogP contribution in [-0.4, -0.2) is 54.9 Å². The molecule has 2 rings (SSSR count). The minimum atomic E-state index is -0.821. The Balaban J connectivity index is 2.16. The van der Waals surface area contributed by atoms with Crippen molar-refractivity contribution in [3.8, 4) is 5.75 Å². The Morgan fingerprint density at radius 3 is 2.53 bits per heavy atom. The van der Waals surface area contributed by atoms with Gasteiger partial charge in [0.1, 0.15) is 11.6 Å². The van der Waals surface area contributed by atoms with Crippen LogP contribution in [0, 0.1) is 5.92 Å². The number of nitrogen functional groups attached to an aromatic ring is 1. The lowest BCUT2D eigenvalue weighted by Crippen LogP contribution is -2.44. The maximum absolute atomic E-state index is 12.9. The summed E-state index contributed by atoms with van der Waals surface area (Å²) in [6.07, 6.45) is 0.729. The number of ether oxygens (including phenoxy) is 3. The van der Waals surface area contributed by atoms with E-state index in [0.717, 1.165) is 16.9 Å². The van der Waals surface area contributed by atoms with Gasteiger partial charge >= 0.3 is 11.7 Å². The molecule has 0 aliphatic rings. The van der Waals surface area contributed by atoms with E-state index in [1.807, 2.05) is 32.9 Å². The van der Waals surface area contributed by atoms with Gasteiger partial charge in [-0.2, -0.15) is 0 Å². The second kappa shape index (κ2) is 12.6. The van der Waals surface area contributed by atoms with Gasteiger partial charge in [-0.15, -0.1) is 0 Å². The van der Waals surface area contributed by atoms with E-state index in [1.54, 1.807) is 12.1 Å². The molecule has 11 heteroatoms. The van der Waals surface area contributed by atoms with Crippen LogP contribution in [-0.2, 0) is 32.0 Å². The summed E-state index contributed by atoms with van der Waals surface area (Å²) >= 11 is 0. The quantitative estimate of drug-likeness (QED) is 0.430. The van der Waals surface area contributed by atoms with Gasteiger partial charge in [-0.25, -0.2) is 9.59 Å². The summed E-state index contributed by atoms with van der Waals surface area (Å²) in [5, 5.41) is 0. The molecule has 1 heterocycles. The molecule has 0 radical (unpaired) electrons. The number of nitrogens with zero attached hydrogens (tertiary/aromatic N) is 2. The molecule has 11 nitrogen and oxygen atoms in total. The number of carbonyl (C=O) groups is 2. The van der Waals surface area contributed by atoms with Crippen LogP contribution < -0.4 is 26.6 Å². The highest BCUT2D eigenvalue weighted by Crippen LogP contribution is 2.19. The summed E-state index contributed by atoms with van der Waals surface area (Å²) < 4.78 is 16.8. The van der Waals surface area contributed by atoms with Gasteiger partial charge in [0.2, 0.25) is 0 Å². The number of aromatic amines is 1. The molecule has 0 unspecified atom stereocenters. The van der Waals surface area contributed by atoms with Crippen molar-refractivity contribution in [2.75, 3.05) is 44.1 Å². The molecular formula is C23H32N4O7.